The van der Waals surface area contributed by atoms with Crippen LogP contribution in [-0.4, -0.2) is 66.4 Å². The number of halogens is 10. The van der Waals surface area contributed by atoms with E-state index in [1.807, 2.05) is 0 Å². The molecule has 0 aliphatic rings. The van der Waals surface area contributed by atoms with Crippen LogP contribution in [0.25, 0.3) is 0 Å². The van der Waals surface area contributed by atoms with Gasteiger partial charge in [0, 0.05) is 64.9 Å². The summed E-state index contributed by atoms with van der Waals surface area (Å²) in [4.78, 5) is 2.13. The molecule has 0 atom stereocenters. The van der Waals surface area contributed by atoms with Gasteiger partial charge in [0.25, 0.3) is 0 Å². The van der Waals surface area contributed by atoms with Crippen molar-refractivity contribution < 1.29 is 17.5 Å². The summed E-state index contributed by atoms with van der Waals surface area (Å²) in [6.07, 6.45) is 0. The monoisotopic (exact) mass is 1230 g/mol. The average Bonchev–Trinajstić information content (AvgIpc) is 2.62. The molecule has 2 aromatic rings. The van der Waals surface area contributed by atoms with Crippen molar-refractivity contribution in [3.8, 4) is 0 Å². The molecule has 0 aliphatic heterocycles. The van der Waals surface area contributed by atoms with E-state index in [-0.39, 0.29) is 48.9 Å². The molecule has 0 saturated carbocycles. The number of rotatable bonds is 3. The van der Waals surface area contributed by atoms with Crippen molar-refractivity contribution >= 4 is 240 Å². The molecule has 0 fully saturated rings. The van der Waals surface area contributed by atoms with E-state index in [0.717, 1.165) is 54.5 Å². The van der Waals surface area contributed by atoms with E-state index in [2.05, 4.69) is 159 Å². The SMILES string of the molecule is Brc1c(Br)c(Br)c(SSc2c(Br)c(Br)c(Br)c(Br)c2Br)c(Br)c1Br.O=S(=O)([O-])[O-].[Ba+2]. The van der Waals surface area contributed by atoms with E-state index in [1.165, 1.54) is 0 Å². The van der Waals surface area contributed by atoms with E-state index in [9.17, 15) is 0 Å². The predicted octanol–water partition coefficient (Wildman–Crippen LogP) is 10.4. The van der Waals surface area contributed by atoms with Crippen LogP contribution in [0.1, 0.15) is 0 Å². The van der Waals surface area contributed by atoms with E-state index >= 15 is 0 Å². The largest absolute Gasteiger partial charge is 2.00 e. The van der Waals surface area contributed by atoms with Gasteiger partial charge in [-0.2, -0.15) is 0 Å². The standard InChI is InChI=1S/C12Br10S2.Ba.H2O4S/c13-1-3(15)7(19)11(8(20)4(1)16)23-24-12-9(21)5(17)2(14)6(18)10(12)22;;1-5(2,3)4/h;;(H2,1,2,3,4)/q;+2;/p-2. The Kier molecular flexibility index (Phi) is 18.5. The molecule has 4 nitrogen and oxygen atoms in total. The van der Waals surface area contributed by atoms with E-state index < -0.39 is 10.4 Å². The van der Waals surface area contributed by atoms with Crippen molar-refractivity contribution in [3.05, 3.63) is 44.7 Å². The average molecular weight is 1240 g/mol. The van der Waals surface area contributed by atoms with E-state index in [0.29, 0.717) is 0 Å². The zero-order chi connectivity index (χ0) is 22.8. The van der Waals surface area contributed by atoms with Crippen LogP contribution >= 0.6 is 181 Å². The summed E-state index contributed by atoms with van der Waals surface area (Å²) < 4.78 is 43.7. The van der Waals surface area contributed by atoms with Gasteiger partial charge in [0.1, 0.15) is 0 Å². The quantitative estimate of drug-likeness (QED) is 0.0761. The molecule has 2 rings (SSSR count). The summed E-state index contributed by atoms with van der Waals surface area (Å²) in [5, 5.41) is 0. The summed E-state index contributed by atoms with van der Waals surface area (Å²) in [6, 6.07) is 0. The third-order valence-corrected chi connectivity index (χ3v) is 18.3. The van der Waals surface area contributed by atoms with Crippen LogP contribution in [0.4, 0.5) is 0 Å². The Morgan fingerprint density at radius 3 is 0.767 bits per heavy atom. The molecule has 0 aliphatic carbocycles. The second-order valence-electron chi connectivity index (χ2n) is 4.37. The van der Waals surface area contributed by atoms with Gasteiger partial charge in [0.15, 0.2) is 0 Å². The molecular weight excluding hydrogens is 1240 g/mol. The second kappa shape index (κ2) is 15.7. The van der Waals surface area contributed by atoms with Crippen molar-refractivity contribution in [2.75, 3.05) is 0 Å². The van der Waals surface area contributed by atoms with Gasteiger partial charge in [-0.25, -0.2) is 0 Å². The van der Waals surface area contributed by atoms with Gasteiger partial charge >= 0.3 is 48.9 Å². The predicted molar refractivity (Wildman–Crippen MR) is 158 cm³/mol. The molecule has 0 heterocycles. The maximum Gasteiger partial charge on any atom is 2.00 e. The number of hydrogen-bond acceptors (Lipinski definition) is 6. The zero-order valence-corrected chi connectivity index (χ0v) is 36.1. The Labute approximate surface area is 305 Å². The van der Waals surface area contributed by atoms with Gasteiger partial charge in [0.2, 0.25) is 0 Å². The summed E-state index contributed by atoms with van der Waals surface area (Å²) in [5.41, 5.74) is 0. The van der Waals surface area contributed by atoms with Crippen LogP contribution < -0.4 is 0 Å². The van der Waals surface area contributed by atoms with Gasteiger partial charge in [-0.05, 0) is 159 Å². The first-order valence-corrected chi connectivity index (χ1v) is 17.5. The minimum Gasteiger partial charge on any atom is -0.759 e. The van der Waals surface area contributed by atoms with E-state index in [4.69, 9.17) is 17.5 Å². The van der Waals surface area contributed by atoms with Crippen LogP contribution in [0.3, 0.4) is 0 Å². The first-order chi connectivity index (χ1) is 13.1. The van der Waals surface area contributed by atoms with Gasteiger partial charge in [-0.15, -0.1) is 0 Å². The van der Waals surface area contributed by atoms with Crippen molar-refractivity contribution in [1.82, 2.24) is 0 Å². The van der Waals surface area contributed by atoms with Crippen molar-refractivity contribution in [2.45, 2.75) is 9.79 Å². The summed E-state index contributed by atoms with van der Waals surface area (Å²) >= 11 is 36.1. The first-order valence-electron chi connectivity index (χ1n) is 6.13. The van der Waals surface area contributed by atoms with Gasteiger partial charge in [0.05, 0.1) is 0 Å². The van der Waals surface area contributed by atoms with Crippen LogP contribution in [-0.2, 0) is 10.4 Å². The van der Waals surface area contributed by atoms with E-state index in [1.54, 1.807) is 21.6 Å². The molecule has 0 bridgehead atoms. The molecular formula is C12BaBr10O4S3. The molecule has 0 aromatic heterocycles. The zero-order valence-electron chi connectivity index (χ0n) is 13.3. The third-order valence-electron chi connectivity index (χ3n) is 2.55. The molecule has 30 heavy (non-hydrogen) atoms. The van der Waals surface area contributed by atoms with Gasteiger partial charge in [-0.1, -0.05) is 21.6 Å². The maximum absolute atomic E-state index is 8.52. The molecule has 0 saturated heterocycles. The molecule has 0 N–H and O–H groups in total. The summed E-state index contributed by atoms with van der Waals surface area (Å²) in [5.74, 6) is 0. The minimum atomic E-state index is -5.17. The molecule has 0 radical (unpaired) electrons. The molecule has 0 unspecified atom stereocenters. The van der Waals surface area contributed by atoms with Crippen molar-refractivity contribution in [2.24, 2.45) is 0 Å². The maximum atomic E-state index is 8.52. The fourth-order valence-electron chi connectivity index (χ4n) is 1.40. The van der Waals surface area contributed by atoms with Crippen LogP contribution in [0.5, 0.6) is 0 Å². The van der Waals surface area contributed by atoms with Crippen LogP contribution in [0.2, 0.25) is 0 Å². The number of benzene rings is 2. The Balaban J connectivity index is 0.00000125. The van der Waals surface area contributed by atoms with Crippen molar-refractivity contribution in [1.29, 1.82) is 0 Å². The molecule has 0 amide bonds. The third kappa shape index (κ3) is 10.3. The minimum absolute atomic E-state index is 0. The normalized spacial score (nSPS) is 10.9. The van der Waals surface area contributed by atoms with Gasteiger partial charge < -0.3 is 9.11 Å². The van der Waals surface area contributed by atoms with Crippen LogP contribution in [0.15, 0.2) is 54.5 Å². The smallest absolute Gasteiger partial charge is 0.759 e. The van der Waals surface area contributed by atoms with Gasteiger partial charge in [-0.3, -0.25) is 8.42 Å². The summed E-state index contributed by atoms with van der Waals surface area (Å²) in [6.45, 7) is 0. The fraction of sp³-hybridized carbons (Fsp3) is 0. The Morgan fingerprint density at radius 1 is 0.467 bits per heavy atom. The first kappa shape index (κ1) is 35.4. The topological polar surface area (TPSA) is 80.3 Å². The second-order valence-corrected chi connectivity index (χ2v) is 15.3. The fourth-order valence-corrected chi connectivity index (χ4v) is 12.6. The summed E-state index contributed by atoms with van der Waals surface area (Å²) in [7, 11) is -1.89. The Hall–Kier alpha value is 5.38. The molecule has 162 valence electrons. The molecule has 0 spiro atoms. The Morgan fingerprint density at radius 2 is 0.600 bits per heavy atom. The Bertz CT molecular complexity index is 932. The van der Waals surface area contributed by atoms with Crippen LogP contribution in [0, 0.1) is 0 Å². The van der Waals surface area contributed by atoms with Crippen molar-refractivity contribution in [3.63, 3.8) is 0 Å². The molecule has 2 aromatic carbocycles. The number of hydrogen-bond donors (Lipinski definition) is 0. The molecule has 18 heteroatoms.